The topological polar surface area (TPSA) is 79.3 Å². The number of hydrogen-bond acceptors (Lipinski definition) is 6. The van der Waals surface area contributed by atoms with Gasteiger partial charge in [0.2, 0.25) is 0 Å². The van der Waals surface area contributed by atoms with E-state index in [2.05, 4.69) is 0 Å². The quantitative estimate of drug-likeness (QED) is 0.335. The maximum atomic E-state index is 13.1. The van der Waals surface area contributed by atoms with Crippen molar-refractivity contribution in [3.05, 3.63) is 65.2 Å². The summed E-state index contributed by atoms with van der Waals surface area (Å²) in [7, 11) is 3.81. The lowest BCUT2D eigenvalue weighted by atomic mass is 9.95. The highest BCUT2D eigenvalue weighted by molar-refractivity contribution is 6.46. The second-order valence-electron chi connectivity index (χ2n) is 8.17. The molecule has 2 aromatic carbocycles. The number of carbonyl (C=O) groups is 2. The molecule has 7 nitrogen and oxygen atoms in total. The van der Waals surface area contributed by atoms with Gasteiger partial charge in [0.15, 0.2) is 0 Å². The maximum absolute atomic E-state index is 13.1. The molecule has 176 valence electrons. The van der Waals surface area contributed by atoms with Crippen molar-refractivity contribution in [2.45, 2.75) is 26.3 Å². The average Bonchev–Trinajstić information content (AvgIpc) is 3.06. The SMILES string of the molecule is CCCOc1cccc(C2/C(=C(/O)c3ccc(OCC)cc3)C(=O)C(=O)N2CCN(C)C)c1. The van der Waals surface area contributed by atoms with Crippen molar-refractivity contribution in [1.82, 2.24) is 9.80 Å². The number of likely N-dealkylation sites (N-methyl/N-ethyl adjacent to an activating group) is 1. The van der Waals surface area contributed by atoms with Crippen LogP contribution in [0.4, 0.5) is 0 Å². The number of benzene rings is 2. The Bertz CT molecular complexity index is 1010. The van der Waals surface area contributed by atoms with E-state index in [1.807, 2.05) is 57.1 Å². The first-order valence-corrected chi connectivity index (χ1v) is 11.3. The van der Waals surface area contributed by atoms with Gasteiger partial charge in [0.05, 0.1) is 24.8 Å². The zero-order valence-electron chi connectivity index (χ0n) is 19.7. The molecule has 1 heterocycles. The fourth-order valence-electron chi connectivity index (χ4n) is 3.79. The molecule has 1 aliphatic heterocycles. The molecule has 33 heavy (non-hydrogen) atoms. The predicted molar refractivity (Wildman–Crippen MR) is 127 cm³/mol. The van der Waals surface area contributed by atoms with Crippen molar-refractivity contribution in [1.29, 1.82) is 0 Å². The van der Waals surface area contributed by atoms with Gasteiger partial charge < -0.3 is 24.4 Å². The highest BCUT2D eigenvalue weighted by atomic mass is 16.5. The molecule has 1 N–H and O–H groups in total. The van der Waals surface area contributed by atoms with Gasteiger partial charge in [0.1, 0.15) is 17.3 Å². The van der Waals surface area contributed by atoms with Crippen molar-refractivity contribution < 1.29 is 24.2 Å². The van der Waals surface area contributed by atoms with E-state index in [1.165, 1.54) is 4.90 Å². The number of ether oxygens (including phenoxy) is 2. The first kappa shape index (κ1) is 24.3. The van der Waals surface area contributed by atoms with Gasteiger partial charge in [-0.25, -0.2) is 0 Å². The molecule has 3 rings (SSSR count). The van der Waals surface area contributed by atoms with Crippen LogP contribution in [-0.4, -0.2) is 67.0 Å². The molecule has 2 aromatic rings. The monoisotopic (exact) mass is 452 g/mol. The molecule has 0 bridgehead atoms. The zero-order valence-corrected chi connectivity index (χ0v) is 19.7. The first-order valence-electron chi connectivity index (χ1n) is 11.3. The smallest absolute Gasteiger partial charge is 0.295 e. The second-order valence-corrected chi connectivity index (χ2v) is 8.17. The number of carbonyl (C=O) groups excluding carboxylic acids is 2. The first-order chi connectivity index (χ1) is 15.9. The maximum Gasteiger partial charge on any atom is 0.295 e. The van der Waals surface area contributed by atoms with E-state index >= 15 is 0 Å². The molecule has 0 aromatic heterocycles. The second kappa shape index (κ2) is 11.0. The zero-order chi connectivity index (χ0) is 24.0. The van der Waals surface area contributed by atoms with Gasteiger partial charge in [-0.05, 0) is 69.4 Å². The highest BCUT2D eigenvalue weighted by Crippen LogP contribution is 2.40. The molecule has 1 amide bonds. The highest BCUT2D eigenvalue weighted by Gasteiger charge is 2.46. The summed E-state index contributed by atoms with van der Waals surface area (Å²) >= 11 is 0. The van der Waals surface area contributed by atoms with Crippen molar-refractivity contribution in [3.63, 3.8) is 0 Å². The minimum Gasteiger partial charge on any atom is -0.507 e. The van der Waals surface area contributed by atoms with Gasteiger partial charge in [0.25, 0.3) is 11.7 Å². The number of amides is 1. The lowest BCUT2D eigenvalue weighted by Gasteiger charge is -2.27. The Labute approximate surface area is 195 Å². The summed E-state index contributed by atoms with van der Waals surface area (Å²) in [6.45, 7) is 5.94. The van der Waals surface area contributed by atoms with Gasteiger partial charge in [0, 0.05) is 18.7 Å². The standard InChI is InChI=1S/C26H32N2O5/c1-5-16-33-21-9-7-8-19(17-21)23-22(25(30)26(31)28(23)15-14-27(3)4)24(29)18-10-12-20(13-11-18)32-6-2/h7-13,17,23,29H,5-6,14-16H2,1-4H3/b24-22-. The summed E-state index contributed by atoms with van der Waals surface area (Å²) in [4.78, 5) is 29.6. The molecule has 1 saturated heterocycles. The summed E-state index contributed by atoms with van der Waals surface area (Å²) in [5.41, 5.74) is 1.25. The third-order valence-electron chi connectivity index (χ3n) is 5.41. The van der Waals surface area contributed by atoms with Gasteiger partial charge in [-0.15, -0.1) is 0 Å². The van der Waals surface area contributed by atoms with E-state index in [-0.39, 0.29) is 11.3 Å². The van der Waals surface area contributed by atoms with Crippen LogP contribution in [0.1, 0.15) is 37.4 Å². The largest absolute Gasteiger partial charge is 0.507 e. The van der Waals surface area contributed by atoms with Gasteiger partial charge in [-0.3, -0.25) is 9.59 Å². The Morgan fingerprint density at radius 2 is 1.76 bits per heavy atom. The molecule has 1 unspecified atom stereocenters. The summed E-state index contributed by atoms with van der Waals surface area (Å²) in [5, 5.41) is 11.2. The molecule has 0 radical (unpaired) electrons. The third-order valence-corrected chi connectivity index (χ3v) is 5.41. The number of aliphatic hydroxyl groups is 1. The Hall–Kier alpha value is -3.32. The van der Waals surface area contributed by atoms with Crippen LogP contribution in [0.15, 0.2) is 54.1 Å². The summed E-state index contributed by atoms with van der Waals surface area (Å²) in [6, 6.07) is 13.5. The van der Waals surface area contributed by atoms with Gasteiger partial charge >= 0.3 is 0 Å². The van der Waals surface area contributed by atoms with E-state index in [1.54, 1.807) is 24.3 Å². The molecule has 7 heteroatoms. The third kappa shape index (κ3) is 5.54. The number of hydrogen-bond donors (Lipinski definition) is 1. The van der Waals surface area contributed by atoms with E-state index in [0.717, 1.165) is 6.42 Å². The lowest BCUT2D eigenvalue weighted by molar-refractivity contribution is -0.140. The predicted octanol–water partition coefficient (Wildman–Crippen LogP) is 3.86. The van der Waals surface area contributed by atoms with E-state index in [4.69, 9.17) is 9.47 Å². The Kier molecular flexibility index (Phi) is 8.11. The van der Waals surface area contributed by atoms with E-state index < -0.39 is 17.7 Å². The molecule has 1 aliphatic rings. The number of aliphatic hydroxyl groups excluding tert-OH is 1. The molecular formula is C26H32N2O5. The number of Topliss-reactive ketones (excluding diaryl/α,β-unsaturated/α-hetero) is 1. The number of ketones is 1. The number of likely N-dealkylation sites (tertiary alicyclic amines) is 1. The van der Waals surface area contributed by atoms with Crippen LogP contribution in [0.2, 0.25) is 0 Å². The molecule has 0 saturated carbocycles. The number of rotatable bonds is 10. The van der Waals surface area contributed by atoms with Crippen LogP contribution in [0.25, 0.3) is 5.76 Å². The minimum atomic E-state index is -0.707. The van der Waals surface area contributed by atoms with Crippen molar-refractivity contribution in [2.24, 2.45) is 0 Å². The van der Waals surface area contributed by atoms with E-state index in [0.29, 0.717) is 48.9 Å². The average molecular weight is 453 g/mol. The lowest BCUT2D eigenvalue weighted by Crippen LogP contribution is -2.35. The van der Waals surface area contributed by atoms with Crippen LogP contribution in [0.3, 0.4) is 0 Å². The van der Waals surface area contributed by atoms with E-state index in [9.17, 15) is 14.7 Å². The molecule has 0 aliphatic carbocycles. The van der Waals surface area contributed by atoms with Crippen molar-refractivity contribution in [2.75, 3.05) is 40.4 Å². The fourth-order valence-corrected chi connectivity index (χ4v) is 3.79. The van der Waals surface area contributed by atoms with Gasteiger partial charge in [-0.2, -0.15) is 0 Å². The summed E-state index contributed by atoms with van der Waals surface area (Å²) in [5.74, 6) is -0.181. The fraction of sp³-hybridized carbons (Fsp3) is 0.385. The van der Waals surface area contributed by atoms with Crippen LogP contribution < -0.4 is 9.47 Å². The Balaban J connectivity index is 2.08. The normalized spacial score (nSPS) is 17.6. The van der Waals surface area contributed by atoms with Crippen LogP contribution >= 0.6 is 0 Å². The summed E-state index contributed by atoms with van der Waals surface area (Å²) in [6.07, 6.45) is 0.864. The van der Waals surface area contributed by atoms with Crippen molar-refractivity contribution in [3.8, 4) is 11.5 Å². The van der Waals surface area contributed by atoms with Crippen molar-refractivity contribution >= 4 is 17.4 Å². The minimum absolute atomic E-state index is 0.0792. The van der Waals surface area contributed by atoms with Crippen LogP contribution in [-0.2, 0) is 9.59 Å². The Morgan fingerprint density at radius 1 is 1.03 bits per heavy atom. The molecular weight excluding hydrogens is 420 g/mol. The molecule has 1 fully saturated rings. The Morgan fingerprint density at radius 3 is 2.39 bits per heavy atom. The molecule has 1 atom stereocenters. The van der Waals surface area contributed by atoms with Gasteiger partial charge in [-0.1, -0.05) is 19.1 Å². The molecule has 0 spiro atoms. The summed E-state index contributed by atoms with van der Waals surface area (Å²) < 4.78 is 11.2. The van der Waals surface area contributed by atoms with Crippen LogP contribution in [0.5, 0.6) is 11.5 Å². The number of nitrogens with zero attached hydrogens (tertiary/aromatic N) is 2. The van der Waals surface area contributed by atoms with Crippen LogP contribution in [0, 0.1) is 0 Å².